The lowest BCUT2D eigenvalue weighted by Gasteiger charge is -2.10. The summed E-state index contributed by atoms with van der Waals surface area (Å²) < 4.78 is 19.8. The van der Waals surface area contributed by atoms with Crippen LogP contribution in [-0.4, -0.2) is 20.7 Å². The van der Waals surface area contributed by atoms with E-state index in [0.717, 1.165) is 6.07 Å². The van der Waals surface area contributed by atoms with Gasteiger partial charge in [0.2, 0.25) is 0 Å². The van der Waals surface area contributed by atoms with Gasteiger partial charge in [0.05, 0.1) is 11.3 Å². The Balaban J connectivity index is 2.05. The molecular weight excluding hydrogens is 263 g/mol. The molecule has 0 aliphatic heterocycles. The van der Waals surface area contributed by atoms with E-state index in [1.54, 1.807) is 4.68 Å². The third-order valence-corrected chi connectivity index (χ3v) is 2.70. The summed E-state index contributed by atoms with van der Waals surface area (Å²) in [5, 5.41) is 4.04. The number of aromatic nitrogens is 3. The highest BCUT2D eigenvalue weighted by atomic mass is 19.1. The van der Waals surface area contributed by atoms with Crippen molar-refractivity contribution in [1.29, 1.82) is 0 Å². The maximum atomic E-state index is 13.0. The fourth-order valence-corrected chi connectivity index (χ4v) is 1.69. The molecule has 0 aliphatic rings. The van der Waals surface area contributed by atoms with Crippen molar-refractivity contribution in [2.75, 3.05) is 5.73 Å². The van der Waals surface area contributed by atoms with Crippen LogP contribution in [0.5, 0.6) is 0 Å². The number of hydrogen-bond acceptors (Lipinski definition) is 5. The zero-order chi connectivity index (χ0) is 14.7. The van der Waals surface area contributed by atoms with Gasteiger partial charge in [-0.1, -0.05) is 0 Å². The Morgan fingerprint density at radius 1 is 1.50 bits per heavy atom. The van der Waals surface area contributed by atoms with Crippen LogP contribution in [0.15, 0.2) is 24.5 Å². The average molecular weight is 278 g/mol. The maximum Gasteiger partial charge on any atom is 0.338 e. The van der Waals surface area contributed by atoms with Gasteiger partial charge in [-0.25, -0.2) is 18.9 Å². The van der Waals surface area contributed by atoms with Crippen LogP contribution in [-0.2, 0) is 11.3 Å². The second-order valence-electron chi connectivity index (χ2n) is 4.53. The standard InChI is InChI=1S/C13H15FN4O2/c1-8(2)18-12(16-7-17-18)6-20-13(19)9-3-4-10(14)11(15)5-9/h3-5,7-8H,6,15H2,1-2H3. The van der Waals surface area contributed by atoms with Crippen molar-refractivity contribution in [3.63, 3.8) is 0 Å². The number of anilines is 1. The van der Waals surface area contributed by atoms with E-state index in [4.69, 9.17) is 10.5 Å². The second kappa shape index (κ2) is 5.68. The Kier molecular flexibility index (Phi) is 3.97. The van der Waals surface area contributed by atoms with E-state index in [0.29, 0.717) is 5.82 Å². The fourth-order valence-electron chi connectivity index (χ4n) is 1.69. The van der Waals surface area contributed by atoms with Gasteiger partial charge in [-0.15, -0.1) is 0 Å². The highest BCUT2D eigenvalue weighted by Gasteiger charge is 2.13. The van der Waals surface area contributed by atoms with Crippen LogP contribution in [0.1, 0.15) is 36.1 Å². The maximum absolute atomic E-state index is 13.0. The molecule has 1 aromatic carbocycles. The van der Waals surface area contributed by atoms with Gasteiger partial charge in [0, 0.05) is 6.04 Å². The summed E-state index contributed by atoms with van der Waals surface area (Å²) in [5.74, 6) is -0.612. The molecule has 1 aromatic heterocycles. The first-order valence-corrected chi connectivity index (χ1v) is 6.09. The number of benzene rings is 1. The molecule has 0 radical (unpaired) electrons. The zero-order valence-electron chi connectivity index (χ0n) is 11.2. The second-order valence-corrected chi connectivity index (χ2v) is 4.53. The normalized spacial score (nSPS) is 10.8. The first-order chi connectivity index (χ1) is 9.49. The van der Waals surface area contributed by atoms with E-state index >= 15 is 0 Å². The Morgan fingerprint density at radius 3 is 2.90 bits per heavy atom. The molecule has 0 unspecified atom stereocenters. The van der Waals surface area contributed by atoms with Crippen LogP contribution in [0.2, 0.25) is 0 Å². The Morgan fingerprint density at radius 2 is 2.25 bits per heavy atom. The molecule has 0 amide bonds. The fraction of sp³-hybridized carbons (Fsp3) is 0.308. The number of carbonyl (C=O) groups is 1. The van der Waals surface area contributed by atoms with E-state index in [-0.39, 0.29) is 23.9 Å². The summed E-state index contributed by atoms with van der Waals surface area (Å²) in [6, 6.07) is 3.81. The van der Waals surface area contributed by atoms with Gasteiger partial charge >= 0.3 is 5.97 Å². The molecule has 20 heavy (non-hydrogen) atoms. The molecule has 7 heteroatoms. The molecule has 0 saturated heterocycles. The molecule has 106 valence electrons. The lowest BCUT2D eigenvalue weighted by atomic mass is 10.2. The number of nitrogens with zero attached hydrogens (tertiary/aromatic N) is 3. The Hall–Kier alpha value is -2.44. The van der Waals surface area contributed by atoms with Crippen LogP contribution in [0, 0.1) is 5.82 Å². The smallest absolute Gasteiger partial charge is 0.338 e. The molecular formula is C13H15FN4O2. The highest BCUT2D eigenvalue weighted by Crippen LogP contribution is 2.14. The van der Waals surface area contributed by atoms with Crippen LogP contribution in [0.25, 0.3) is 0 Å². The van der Waals surface area contributed by atoms with Gasteiger partial charge < -0.3 is 10.5 Å². The number of ether oxygens (including phenoxy) is 1. The molecule has 2 N–H and O–H groups in total. The molecule has 0 atom stereocenters. The van der Waals surface area contributed by atoms with Gasteiger partial charge in [-0.3, -0.25) is 0 Å². The van der Waals surface area contributed by atoms with Crippen LogP contribution >= 0.6 is 0 Å². The molecule has 0 fully saturated rings. The molecule has 2 aromatic rings. The van der Waals surface area contributed by atoms with Crippen molar-refractivity contribution in [3.05, 3.63) is 41.7 Å². The lowest BCUT2D eigenvalue weighted by Crippen LogP contribution is -2.12. The van der Waals surface area contributed by atoms with E-state index in [1.165, 1.54) is 18.5 Å². The minimum Gasteiger partial charge on any atom is -0.454 e. The molecule has 2 rings (SSSR count). The molecule has 0 bridgehead atoms. The summed E-state index contributed by atoms with van der Waals surface area (Å²) in [7, 11) is 0. The third kappa shape index (κ3) is 2.93. The lowest BCUT2D eigenvalue weighted by molar-refractivity contribution is 0.0455. The number of nitrogens with two attached hydrogens (primary N) is 1. The van der Waals surface area contributed by atoms with E-state index in [9.17, 15) is 9.18 Å². The Labute approximate surface area is 115 Å². The van der Waals surface area contributed by atoms with Crippen molar-refractivity contribution >= 4 is 11.7 Å². The number of rotatable bonds is 4. The number of hydrogen-bond donors (Lipinski definition) is 1. The van der Waals surface area contributed by atoms with Gasteiger partial charge in [0.15, 0.2) is 12.4 Å². The first-order valence-electron chi connectivity index (χ1n) is 6.09. The van der Waals surface area contributed by atoms with Crippen molar-refractivity contribution in [2.24, 2.45) is 0 Å². The van der Waals surface area contributed by atoms with Crippen molar-refractivity contribution in [2.45, 2.75) is 26.5 Å². The highest BCUT2D eigenvalue weighted by molar-refractivity contribution is 5.90. The summed E-state index contributed by atoms with van der Waals surface area (Å²) in [5.41, 5.74) is 5.50. The molecule has 6 nitrogen and oxygen atoms in total. The molecule has 0 spiro atoms. The third-order valence-electron chi connectivity index (χ3n) is 2.70. The largest absolute Gasteiger partial charge is 0.454 e. The first kappa shape index (κ1) is 14.0. The SMILES string of the molecule is CC(C)n1ncnc1COC(=O)c1ccc(F)c(N)c1. The van der Waals surface area contributed by atoms with Gasteiger partial charge in [0.1, 0.15) is 12.1 Å². The van der Waals surface area contributed by atoms with Crippen molar-refractivity contribution < 1.29 is 13.9 Å². The van der Waals surface area contributed by atoms with Crippen molar-refractivity contribution in [1.82, 2.24) is 14.8 Å². The monoisotopic (exact) mass is 278 g/mol. The van der Waals surface area contributed by atoms with Crippen LogP contribution < -0.4 is 5.73 Å². The van der Waals surface area contributed by atoms with E-state index in [1.807, 2.05) is 13.8 Å². The van der Waals surface area contributed by atoms with Crippen LogP contribution in [0.3, 0.4) is 0 Å². The number of carbonyl (C=O) groups excluding carboxylic acids is 1. The predicted octanol–water partition coefficient (Wildman–Crippen LogP) is 1.94. The summed E-state index contributed by atoms with van der Waals surface area (Å²) in [6.45, 7) is 3.88. The number of halogens is 1. The van der Waals surface area contributed by atoms with Crippen LogP contribution in [0.4, 0.5) is 10.1 Å². The average Bonchev–Trinajstić information content (AvgIpc) is 2.87. The van der Waals surface area contributed by atoms with E-state index in [2.05, 4.69) is 10.1 Å². The Bertz CT molecular complexity index is 625. The quantitative estimate of drug-likeness (QED) is 0.682. The topological polar surface area (TPSA) is 83.0 Å². The summed E-state index contributed by atoms with van der Waals surface area (Å²) in [4.78, 5) is 15.9. The van der Waals surface area contributed by atoms with Gasteiger partial charge in [-0.2, -0.15) is 5.10 Å². The molecule has 0 saturated carbocycles. The molecule has 1 heterocycles. The predicted molar refractivity (Wildman–Crippen MR) is 70.3 cm³/mol. The van der Waals surface area contributed by atoms with Gasteiger partial charge in [-0.05, 0) is 32.0 Å². The van der Waals surface area contributed by atoms with Gasteiger partial charge in [0.25, 0.3) is 0 Å². The van der Waals surface area contributed by atoms with E-state index < -0.39 is 11.8 Å². The minimum absolute atomic E-state index is 0.00566. The summed E-state index contributed by atoms with van der Waals surface area (Å²) >= 11 is 0. The van der Waals surface area contributed by atoms with Crippen molar-refractivity contribution in [3.8, 4) is 0 Å². The summed E-state index contributed by atoms with van der Waals surface area (Å²) in [6.07, 6.45) is 1.40. The zero-order valence-corrected chi connectivity index (χ0v) is 11.2. The number of nitrogen functional groups attached to an aromatic ring is 1. The molecule has 0 aliphatic carbocycles. The number of esters is 1. The minimum atomic E-state index is -0.588.